The normalized spacial score (nSPS) is 17.7. The number of rotatable bonds is 10. The van der Waals surface area contributed by atoms with Crippen molar-refractivity contribution in [2.45, 2.75) is 49.2 Å². The first-order valence-corrected chi connectivity index (χ1v) is 13.4. The molecule has 2 aliphatic rings. The van der Waals surface area contributed by atoms with E-state index in [1.54, 1.807) is 23.1 Å². The van der Waals surface area contributed by atoms with Crippen LogP contribution in [0.2, 0.25) is 0 Å². The molecule has 36 heavy (non-hydrogen) atoms. The van der Waals surface area contributed by atoms with Crippen LogP contribution in [0.4, 0.5) is 27.8 Å². The molecule has 1 aromatic heterocycles. The Balaban J connectivity index is 1.31. The number of sulfonamides is 1. The van der Waals surface area contributed by atoms with Gasteiger partial charge in [-0.3, -0.25) is 4.90 Å². The molecule has 1 aliphatic heterocycles. The Kier molecular flexibility index (Phi) is 8.15. The van der Waals surface area contributed by atoms with E-state index in [1.807, 2.05) is 0 Å². The molecule has 0 bridgehead atoms. The molecule has 12 heteroatoms. The molecule has 1 N–H and O–H groups in total. The Morgan fingerprint density at radius 3 is 2.36 bits per heavy atom. The third kappa shape index (κ3) is 7.13. The highest BCUT2D eigenvalue weighted by molar-refractivity contribution is 7.89. The second-order valence-electron chi connectivity index (χ2n) is 9.42. The number of halogens is 5. The third-order valence-electron chi connectivity index (χ3n) is 6.62. The molecule has 0 atom stereocenters. The summed E-state index contributed by atoms with van der Waals surface area (Å²) in [5, 5.41) is 0. The van der Waals surface area contributed by atoms with Crippen molar-refractivity contribution in [3.05, 3.63) is 53.7 Å². The molecular formula is C24H29F5N4O2S. The standard InChI is InChI=1S/C24H29F5N4O2S/c25-21-4-2-1-3-18(21)13-17-7-10-32(11-8-17)23-22(26)14-20(15-30-23)36(34,35)31-9-12-33(19-5-6-19)16-24(27,28)29/h1-4,14-15,17,19,31H,5-13,16H2. The number of piperidine rings is 1. The average molecular weight is 533 g/mol. The minimum Gasteiger partial charge on any atom is -0.354 e. The van der Waals surface area contributed by atoms with Crippen molar-refractivity contribution >= 4 is 15.8 Å². The van der Waals surface area contributed by atoms with Crippen molar-refractivity contribution in [2.75, 3.05) is 37.6 Å². The van der Waals surface area contributed by atoms with Crippen molar-refractivity contribution in [1.82, 2.24) is 14.6 Å². The van der Waals surface area contributed by atoms with E-state index >= 15 is 0 Å². The summed E-state index contributed by atoms with van der Waals surface area (Å²) in [6, 6.07) is 7.32. The van der Waals surface area contributed by atoms with E-state index in [-0.39, 0.29) is 41.6 Å². The van der Waals surface area contributed by atoms with Gasteiger partial charge in [-0.05, 0) is 55.7 Å². The van der Waals surface area contributed by atoms with Crippen LogP contribution in [0, 0.1) is 17.6 Å². The summed E-state index contributed by atoms with van der Waals surface area (Å²) in [4.78, 5) is 6.60. The summed E-state index contributed by atoms with van der Waals surface area (Å²) in [5.41, 5.74) is 0.654. The number of benzene rings is 1. The molecule has 0 amide bonds. The fraction of sp³-hybridized carbons (Fsp3) is 0.542. The zero-order valence-electron chi connectivity index (χ0n) is 19.6. The van der Waals surface area contributed by atoms with Gasteiger partial charge in [0.15, 0.2) is 11.6 Å². The van der Waals surface area contributed by atoms with Gasteiger partial charge in [-0.25, -0.2) is 26.9 Å². The predicted molar refractivity (Wildman–Crippen MR) is 125 cm³/mol. The van der Waals surface area contributed by atoms with E-state index < -0.39 is 28.6 Å². The lowest BCUT2D eigenvalue weighted by molar-refractivity contribution is -0.146. The maximum Gasteiger partial charge on any atom is 0.401 e. The Bertz CT molecular complexity index is 1150. The lowest BCUT2D eigenvalue weighted by Crippen LogP contribution is -2.41. The summed E-state index contributed by atoms with van der Waals surface area (Å²) in [5.74, 6) is -0.734. The van der Waals surface area contributed by atoms with Gasteiger partial charge in [0, 0.05) is 38.4 Å². The van der Waals surface area contributed by atoms with Crippen LogP contribution in [-0.2, 0) is 16.4 Å². The molecule has 4 rings (SSSR count). The van der Waals surface area contributed by atoms with Gasteiger partial charge in [0.2, 0.25) is 10.0 Å². The van der Waals surface area contributed by atoms with E-state index in [0.717, 1.165) is 12.3 Å². The number of aromatic nitrogens is 1. The maximum absolute atomic E-state index is 14.8. The molecule has 1 saturated carbocycles. The van der Waals surface area contributed by atoms with Crippen LogP contribution in [0.15, 0.2) is 41.4 Å². The number of hydrogen-bond donors (Lipinski definition) is 1. The highest BCUT2D eigenvalue weighted by Crippen LogP contribution is 2.30. The van der Waals surface area contributed by atoms with Gasteiger partial charge in [-0.1, -0.05) is 18.2 Å². The smallest absolute Gasteiger partial charge is 0.354 e. The van der Waals surface area contributed by atoms with Crippen molar-refractivity contribution < 1.29 is 30.4 Å². The van der Waals surface area contributed by atoms with Gasteiger partial charge in [0.05, 0.1) is 6.54 Å². The molecule has 0 unspecified atom stereocenters. The highest BCUT2D eigenvalue weighted by atomic mass is 32.2. The van der Waals surface area contributed by atoms with E-state index in [1.165, 1.54) is 11.0 Å². The van der Waals surface area contributed by atoms with Gasteiger partial charge in [-0.2, -0.15) is 13.2 Å². The highest BCUT2D eigenvalue weighted by Gasteiger charge is 2.37. The third-order valence-corrected chi connectivity index (χ3v) is 8.05. The summed E-state index contributed by atoms with van der Waals surface area (Å²) in [7, 11) is -4.14. The first kappa shape index (κ1) is 26.7. The van der Waals surface area contributed by atoms with Gasteiger partial charge < -0.3 is 4.90 Å². The minimum absolute atomic E-state index is 0.0448. The molecule has 0 spiro atoms. The fourth-order valence-corrected chi connectivity index (χ4v) is 5.56. The van der Waals surface area contributed by atoms with Crippen molar-refractivity contribution in [3.63, 3.8) is 0 Å². The van der Waals surface area contributed by atoms with Gasteiger partial charge in [-0.15, -0.1) is 0 Å². The first-order chi connectivity index (χ1) is 17.0. The van der Waals surface area contributed by atoms with E-state index in [4.69, 9.17) is 0 Å². The van der Waals surface area contributed by atoms with Crippen LogP contribution in [0.5, 0.6) is 0 Å². The largest absolute Gasteiger partial charge is 0.401 e. The van der Waals surface area contributed by atoms with Gasteiger partial charge in [0.25, 0.3) is 0 Å². The Morgan fingerprint density at radius 1 is 1.06 bits per heavy atom. The first-order valence-electron chi connectivity index (χ1n) is 12.0. The van der Waals surface area contributed by atoms with E-state index in [2.05, 4.69) is 9.71 Å². The Labute approximate surface area is 207 Å². The SMILES string of the molecule is O=S(=O)(NCCN(CC(F)(F)F)C1CC1)c1cnc(N2CCC(Cc3ccccc3F)CC2)c(F)c1. The molecule has 198 valence electrons. The lowest BCUT2D eigenvalue weighted by atomic mass is 9.90. The number of alkyl halides is 3. The fourth-order valence-electron chi connectivity index (χ4n) is 4.58. The molecular weight excluding hydrogens is 503 g/mol. The van der Waals surface area contributed by atoms with E-state index in [0.29, 0.717) is 50.8 Å². The van der Waals surface area contributed by atoms with Crippen molar-refractivity contribution in [1.29, 1.82) is 0 Å². The zero-order chi connectivity index (χ0) is 25.9. The molecule has 2 aromatic rings. The number of nitrogens with zero attached hydrogens (tertiary/aromatic N) is 3. The Morgan fingerprint density at radius 2 is 1.75 bits per heavy atom. The number of anilines is 1. The zero-order valence-corrected chi connectivity index (χ0v) is 20.5. The van der Waals surface area contributed by atoms with Crippen molar-refractivity contribution in [3.8, 4) is 0 Å². The number of nitrogens with one attached hydrogen (secondary N) is 1. The van der Waals surface area contributed by atoms with Crippen LogP contribution in [-0.4, -0.2) is 63.2 Å². The molecule has 2 heterocycles. The molecule has 0 radical (unpaired) electrons. The van der Waals surface area contributed by atoms with Crippen LogP contribution in [0.1, 0.15) is 31.2 Å². The molecule has 2 fully saturated rings. The molecule has 6 nitrogen and oxygen atoms in total. The van der Waals surface area contributed by atoms with Crippen LogP contribution in [0.25, 0.3) is 0 Å². The molecule has 1 aliphatic carbocycles. The maximum atomic E-state index is 14.8. The van der Waals surface area contributed by atoms with Crippen LogP contribution in [0.3, 0.4) is 0 Å². The van der Waals surface area contributed by atoms with Gasteiger partial charge in [0.1, 0.15) is 10.7 Å². The topological polar surface area (TPSA) is 65.5 Å². The molecule has 1 aromatic carbocycles. The minimum atomic E-state index is -4.36. The van der Waals surface area contributed by atoms with Gasteiger partial charge >= 0.3 is 6.18 Å². The average Bonchev–Trinajstić information content (AvgIpc) is 3.65. The molecule has 1 saturated heterocycles. The van der Waals surface area contributed by atoms with Crippen LogP contribution < -0.4 is 9.62 Å². The second-order valence-corrected chi connectivity index (χ2v) is 11.2. The monoisotopic (exact) mass is 532 g/mol. The Hall–Kier alpha value is -2.31. The number of hydrogen-bond acceptors (Lipinski definition) is 5. The lowest BCUT2D eigenvalue weighted by Gasteiger charge is -2.33. The summed E-state index contributed by atoms with van der Waals surface area (Å²) < 4.78 is 94.4. The second kappa shape index (κ2) is 11.0. The van der Waals surface area contributed by atoms with Crippen molar-refractivity contribution in [2.24, 2.45) is 5.92 Å². The summed E-state index contributed by atoms with van der Waals surface area (Å²) >= 11 is 0. The number of pyridine rings is 1. The predicted octanol–water partition coefficient (Wildman–Crippen LogP) is 4.12. The van der Waals surface area contributed by atoms with E-state index in [9.17, 15) is 30.4 Å². The summed E-state index contributed by atoms with van der Waals surface area (Å²) in [6.07, 6.45) is 0.0239. The summed E-state index contributed by atoms with van der Waals surface area (Å²) in [6.45, 7) is -0.415. The van der Waals surface area contributed by atoms with Crippen LogP contribution >= 0.6 is 0 Å². The quantitative estimate of drug-likeness (QED) is 0.467.